The lowest BCUT2D eigenvalue weighted by Gasteiger charge is -2.08. The summed E-state index contributed by atoms with van der Waals surface area (Å²) in [6.45, 7) is 1.79. The van der Waals surface area contributed by atoms with E-state index in [0.29, 0.717) is 28.8 Å². The van der Waals surface area contributed by atoms with Gasteiger partial charge in [-0.3, -0.25) is 14.9 Å². The first-order valence-corrected chi connectivity index (χ1v) is 9.11. The lowest BCUT2D eigenvalue weighted by molar-refractivity contribution is -0.384. The number of carbonyl (C=O) groups is 1. The molecule has 0 atom stereocenters. The van der Waals surface area contributed by atoms with Crippen LogP contribution in [-0.2, 0) is 11.2 Å². The van der Waals surface area contributed by atoms with Crippen LogP contribution >= 0.6 is 0 Å². The molecule has 2 aromatic heterocycles. The van der Waals surface area contributed by atoms with E-state index in [1.807, 2.05) is 30.3 Å². The molecule has 4 rings (SSSR count). The van der Waals surface area contributed by atoms with Gasteiger partial charge in [0.2, 0.25) is 11.8 Å². The average Bonchev–Trinajstić information content (AvgIpc) is 3.35. The van der Waals surface area contributed by atoms with Crippen LogP contribution in [0.15, 0.2) is 71.3 Å². The number of nitro groups is 1. The van der Waals surface area contributed by atoms with Gasteiger partial charge in [0.15, 0.2) is 0 Å². The van der Waals surface area contributed by atoms with E-state index >= 15 is 0 Å². The molecule has 0 radical (unpaired) electrons. The highest BCUT2D eigenvalue weighted by molar-refractivity contribution is 5.91. The van der Waals surface area contributed by atoms with E-state index in [9.17, 15) is 14.9 Å². The molecule has 30 heavy (non-hydrogen) atoms. The fourth-order valence-corrected chi connectivity index (χ4v) is 2.95. The third-order valence-electron chi connectivity index (χ3n) is 4.32. The van der Waals surface area contributed by atoms with Crippen molar-refractivity contribution in [2.75, 3.05) is 5.32 Å². The van der Waals surface area contributed by atoms with Crippen molar-refractivity contribution in [3.63, 3.8) is 0 Å². The number of nitrogens with zero attached hydrogens (tertiary/aromatic N) is 4. The van der Waals surface area contributed by atoms with Crippen LogP contribution in [0, 0.1) is 17.0 Å². The van der Waals surface area contributed by atoms with E-state index in [0.717, 1.165) is 5.56 Å². The Morgan fingerprint density at radius 3 is 2.60 bits per heavy atom. The Kier molecular flexibility index (Phi) is 5.08. The van der Waals surface area contributed by atoms with Crippen molar-refractivity contribution in [2.24, 2.45) is 0 Å². The number of hydrogen-bond donors (Lipinski definition) is 1. The number of nitrogens with one attached hydrogen (secondary N) is 1. The molecule has 0 aliphatic heterocycles. The number of amides is 1. The molecular weight excluding hydrogens is 386 g/mol. The van der Waals surface area contributed by atoms with Gasteiger partial charge in [-0.2, -0.15) is 5.10 Å². The summed E-state index contributed by atoms with van der Waals surface area (Å²) < 4.78 is 6.99. The normalized spacial score (nSPS) is 10.7. The molecule has 4 aromatic rings. The molecule has 9 heteroatoms. The van der Waals surface area contributed by atoms with Crippen molar-refractivity contribution in [1.29, 1.82) is 0 Å². The summed E-state index contributed by atoms with van der Waals surface area (Å²) in [5, 5.41) is 18.0. The maximum absolute atomic E-state index is 12.5. The molecule has 0 saturated carbocycles. The minimum absolute atomic E-state index is 0.0199. The number of aromatic nitrogens is 3. The maximum Gasteiger partial charge on any atom is 0.269 e. The van der Waals surface area contributed by atoms with Crippen LogP contribution in [0.2, 0.25) is 0 Å². The molecule has 2 aromatic carbocycles. The Hall–Kier alpha value is -4.27. The highest BCUT2D eigenvalue weighted by atomic mass is 16.6. The molecule has 0 aliphatic rings. The Morgan fingerprint density at radius 2 is 1.90 bits per heavy atom. The summed E-state index contributed by atoms with van der Waals surface area (Å²) in [7, 11) is 0. The van der Waals surface area contributed by atoms with Crippen molar-refractivity contribution in [3.8, 4) is 17.1 Å². The predicted octanol–water partition coefficient (Wildman–Crippen LogP) is 3.93. The number of benzene rings is 2. The molecule has 0 unspecified atom stereocenters. The van der Waals surface area contributed by atoms with Gasteiger partial charge in [-0.25, -0.2) is 9.67 Å². The van der Waals surface area contributed by atoms with Crippen LogP contribution in [-0.4, -0.2) is 25.6 Å². The third-order valence-corrected chi connectivity index (χ3v) is 4.32. The summed E-state index contributed by atoms with van der Waals surface area (Å²) in [6.07, 6.45) is 1.49. The first kappa shape index (κ1) is 19.1. The number of oxazole rings is 1. The van der Waals surface area contributed by atoms with Gasteiger partial charge in [0, 0.05) is 23.8 Å². The molecule has 1 amide bonds. The van der Waals surface area contributed by atoms with Gasteiger partial charge in [0.05, 0.1) is 28.4 Å². The van der Waals surface area contributed by atoms with Gasteiger partial charge in [0.1, 0.15) is 12.1 Å². The smallest absolute Gasteiger partial charge is 0.269 e. The topological polar surface area (TPSA) is 116 Å². The lowest BCUT2D eigenvalue weighted by Crippen LogP contribution is -2.17. The second kappa shape index (κ2) is 8.00. The highest BCUT2D eigenvalue weighted by Gasteiger charge is 2.15. The summed E-state index contributed by atoms with van der Waals surface area (Å²) in [5.74, 6) is 0.620. The monoisotopic (exact) mass is 403 g/mol. The number of nitro benzene ring substituents is 1. The van der Waals surface area contributed by atoms with E-state index in [2.05, 4.69) is 15.4 Å². The first-order valence-electron chi connectivity index (χ1n) is 9.11. The van der Waals surface area contributed by atoms with Crippen LogP contribution in [0.1, 0.15) is 11.4 Å². The first-order chi connectivity index (χ1) is 14.5. The Labute approximate surface area is 171 Å². The fourth-order valence-electron chi connectivity index (χ4n) is 2.95. The summed E-state index contributed by atoms with van der Waals surface area (Å²) in [4.78, 5) is 27.3. The quantitative estimate of drug-likeness (QED) is 0.385. The van der Waals surface area contributed by atoms with E-state index < -0.39 is 4.92 Å². The molecule has 1 N–H and O–H groups in total. The van der Waals surface area contributed by atoms with E-state index in [1.165, 1.54) is 23.1 Å². The Morgan fingerprint density at radius 1 is 1.17 bits per heavy atom. The molecular formula is C21H17N5O4. The predicted molar refractivity (Wildman–Crippen MR) is 109 cm³/mol. The number of hydrogen-bond acceptors (Lipinski definition) is 6. The second-order valence-electron chi connectivity index (χ2n) is 6.59. The molecule has 0 spiro atoms. The van der Waals surface area contributed by atoms with Gasteiger partial charge in [-0.05, 0) is 31.2 Å². The van der Waals surface area contributed by atoms with Crippen LogP contribution in [0.4, 0.5) is 11.5 Å². The largest absolute Gasteiger partial charge is 0.444 e. The maximum atomic E-state index is 12.5. The van der Waals surface area contributed by atoms with E-state index in [-0.39, 0.29) is 18.0 Å². The Bertz CT molecular complexity index is 1200. The van der Waals surface area contributed by atoms with Gasteiger partial charge in [-0.1, -0.05) is 18.2 Å². The van der Waals surface area contributed by atoms with Crippen LogP contribution in [0.3, 0.4) is 0 Å². The van der Waals surface area contributed by atoms with Crippen LogP contribution in [0.25, 0.3) is 17.1 Å². The van der Waals surface area contributed by atoms with Crippen LogP contribution < -0.4 is 5.32 Å². The van der Waals surface area contributed by atoms with Crippen molar-refractivity contribution in [2.45, 2.75) is 13.3 Å². The van der Waals surface area contributed by atoms with Gasteiger partial charge >= 0.3 is 0 Å². The van der Waals surface area contributed by atoms with E-state index in [4.69, 9.17) is 4.42 Å². The minimum Gasteiger partial charge on any atom is -0.444 e. The summed E-state index contributed by atoms with van der Waals surface area (Å²) in [5.41, 5.74) is 2.60. The number of rotatable bonds is 6. The molecule has 0 saturated heterocycles. The SMILES string of the molecule is Cc1cc(NC(=O)Cc2coc(-c3ccccc3)n2)n(-c2ccc([N+](=O)[O-])cc2)n1. The molecule has 9 nitrogen and oxygen atoms in total. The number of aryl methyl sites for hydroxylation is 1. The zero-order chi connectivity index (χ0) is 21.1. The number of anilines is 1. The molecule has 150 valence electrons. The number of carbonyl (C=O) groups excluding carboxylic acids is 1. The minimum atomic E-state index is -0.470. The average molecular weight is 403 g/mol. The molecule has 2 heterocycles. The van der Waals surface area contributed by atoms with Crippen molar-refractivity contribution in [3.05, 3.63) is 88.4 Å². The zero-order valence-corrected chi connectivity index (χ0v) is 16.0. The summed E-state index contributed by atoms with van der Waals surface area (Å²) in [6, 6.07) is 17.1. The molecule has 0 bridgehead atoms. The van der Waals surface area contributed by atoms with E-state index in [1.54, 1.807) is 25.1 Å². The standard InChI is InChI=1S/C21H17N5O4/c1-14-11-19(25(24-14)17-7-9-18(10-8-17)26(28)29)23-20(27)12-16-13-30-21(22-16)15-5-3-2-4-6-15/h2-11,13H,12H2,1H3,(H,23,27). The molecule has 0 fully saturated rings. The summed E-state index contributed by atoms with van der Waals surface area (Å²) >= 11 is 0. The Balaban J connectivity index is 1.49. The molecule has 0 aliphatic carbocycles. The lowest BCUT2D eigenvalue weighted by atomic mass is 10.2. The van der Waals surface area contributed by atoms with Gasteiger partial charge in [0.25, 0.3) is 5.69 Å². The van der Waals surface area contributed by atoms with Crippen molar-refractivity contribution < 1.29 is 14.1 Å². The zero-order valence-electron chi connectivity index (χ0n) is 16.0. The second-order valence-corrected chi connectivity index (χ2v) is 6.59. The van der Waals surface area contributed by atoms with Crippen molar-refractivity contribution in [1.82, 2.24) is 14.8 Å². The van der Waals surface area contributed by atoms with Gasteiger partial charge in [-0.15, -0.1) is 0 Å². The highest BCUT2D eigenvalue weighted by Crippen LogP contribution is 2.21. The van der Waals surface area contributed by atoms with Crippen LogP contribution in [0.5, 0.6) is 0 Å². The van der Waals surface area contributed by atoms with Crippen molar-refractivity contribution >= 4 is 17.4 Å². The third kappa shape index (κ3) is 4.09. The number of non-ortho nitro benzene ring substituents is 1. The fraction of sp³-hybridized carbons (Fsp3) is 0.0952. The van der Waals surface area contributed by atoms with Gasteiger partial charge < -0.3 is 9.73 Å².